The highest BCUT2D eigenvalue weighted by atomic mass is 16.5. The van der Waals surface area contributed by atoms with Crippen LogP contribution in [0.5, 0.6) is 5.75 Å². The van der Waals surface area contributed by atoms with Gasteiger partial charge in [-0.25, -0.2) is 0 Å². The van der Waals surface area contributed by atoms with Crippen molar-refractivity contribution >= 4 is 11.7 Å². The lowest BCUT2D eigenvalue weighted by Gasteiger charge is -2.12. The minimum atomic E-state index is -0.893. The van der Waals surface area contributed by atoms with Gasteiger partial charge in [0.2, 0.25) is 0 Å². The van der Waals surface area contributed by atoms with Crippen LogP contribution < -0.4 is 10.1 Å². The number of carboxylic acid groups (broad SMARTS) is 1. The minimum absolute atomic E-state index is 0.467. The largest absolute Gasteiger partial charge is 0.491 e. The van der Waals surface area contributed by atoms with Gasteiger partial charge in [0.05, 0.1) is 6.61 Å². The summed E-state index contributed by atoms with van der Waals surface area (Å²) in [5.41, 5.74) is 0.717. The molecule has 0 radical (unpaired) electrons. The van der Waals surface area contributed by atoms with E-state index in [1.807, 2.05) is 6.07 Å². The molecule has 1 atom stereocenters. The van der Waals surface area contributed by atoms with Crippen LogP contribution in [-0.2, 0) is 9.53 Å². The van der Waals surface area contributed by atoms with E-state index in [9.17, 15) is 4.79 Å². The molecule has 1 rings (SSSR count). The average Bonchev–Trinajstić information content (AvgIpc) is 2.30. The van der Waals surface area contributed by atoms with Crippen LogP contribution in [-0.4, -0.2) is 37.4 Å². The number of anilines is 1. The van der Waals surface area contributed by atoms with Gasteiger partial charge in [0, 0.05) is 18.9 Å². The molecular weight excluding hydrogens is 222 g/mol. The van der Waals surface area contributed by atoms with Gasteiger partial charge < -0.3 is 19.9 Å². The molecule has 17 heavy (non-hydrogen) atoms. The molecule has 0 heterocycles. The Balaban J connectivity index is 2.56. The first-order valence-electron chi connectivity index (χ1n) is 5.34. The Bertz CT molecular complexity index is 367. The molecule has 0 aromatic heterocycles. The van der Waals surface area contributed by atoms with Crippen LogP contribution >= 0.6 is 0 Å². The summed E-state index contributed by atoms with van der Waals surface area (Å²) in [7, 11) is 1.61. The summed E-state index contributed by atoms with van der Waals surface area (Å²) in [5.74, 6) is -0.208. The standard InChI is InChI=1S/C12H17NO4/c1-9(12(14)15)13-10-4-3-5-11(8-10)17-7-6-16-2/h3-5,8-9,13H,6-7H2,1-2H3,(H,14,15). The maximum atomic E-state index is 10.7. The van der Waals surface area contributed by atoms with Gasteiger partial charge in [-0.2, -0.15) is 0 Å². The number of hydrogen-bond acceptors (Lipinski definition) is 4. The number of methoxy groups -OCH3 is 1. The van der Waals surface area contributed by atoms with E-state index in [1.165, 1.54) is 0 Å². The molecule has 2 N–H and O–H groups in total. The van der Waals surface area contributed by atoms with E-state index in [2.05, 4.69) is 5.32 Å². The third kappa shape index (κ3) is 4.74. The average molecular weight is 239 g/mol. The quantitative estimate of drug-likeness (QED) is 0.707. The SMILES string of the molecule is COCCOc1cccc(NC(C)C(=O)O)c1. The molecule has 94 valence electrons. The molecule has 0 amide bonds. The van der Waals surface area contributed by atoms with E-state index in [0.717, 1.165) is 5.69 Å². The second-order valence-corrected chi connectivity index (χ2v) is 3.57. The van der Waals surface area contributed by atoms with Gasteiger partial charge in [-0.05, 0) is 19.1 Å². The maximum Gasteiger partial charge on any atom is 0.325 e. The molecule has 1 aromatic carbocycles. The van der Waals surface area contributed by atoms with Crippen molar-refractivity contribution in [1.82, 2.24) is 0 Å². The second-order valence-electron chi connectivity index (χ2n) is 3.57. The van der Waals surface area contributed by atoms with Crippen LogP contribution in [0, 0.1) is 0 Å². The fourth-order valence-electron chi connectivity index (χ4n) is 1.23. The number of benzene rings is 1. The van der Waals surface area contributed by atoms with Gasteiger partial charge >= 0.3 is 5.97 Å². The molecule has 0 aliphatic heterocycles. The van der Waals surface area contributed by atoms with Crippen LogP contribution in [0.3, 0.4) is 0 Å². The van der Waals surface area contributed by atoms with E-state index in [-0.39, 0.29) is 0 Å². The van der Waals surface area contributed by atoms with Crippen molar-refractivity contribution in [3.63, 3.8) is 0 Å². The minimum Gasteiger partial charge on any atom is -0.491 e. The number of hydrogen-bond donors (Lipinski definition) is 2. The fourth-order valence-corrected chi connectivity index (χ4v) is 1.23. The Morgan fingerprint density at radius 1 is 1.47 bits per heavy atom. The van der Waals surface area contributed by atoms with Gasteiger partial charge in [0.15, 0.2) is 0 Å². The van der Waals surface area contributed by atoms with Gasteiger partial charge in [0.25, 0.3) is 0 Å². The van der Waals surface area contributed by atoms with Crippen molar-refractivity contribution in [3.05, 3.63) is 24.3 Å². The highest BCUT2D eigenvalue weighted by Crippen LogP contribution is 2.17. The van der Waals surface area contributed by atoms with Crippen LogP contribution in [0.1, 0.15) is 6.92 Å². The predicted molar refractivity (Wildman–Crippen MR) is 64.5 cm³/mol. The number of carbonyl (C=O) groups is 1. The van der Waals surface area contributed by atoms with Crippen LogP contribution in [0.15, 0.2) is 24.3 Å². The molecule has 1 unspecified atom stereocenters. The predicted octanol–water partition coefficient (Wildman–Crippen LogP) is 1.60. The van der Waals surface area contributed by atoms with Crippen molar-refractivity contribution in [2.75, 3.05) is 25.6 Å². The van der Waals surface area contributed by atoms with Crippen molar-refractivity contribution in [3.8, 4) is 5.75 Å². The number of aliphatic carboxylic acids is 1. The second kappa shape index (κ2) is 6.75. The molecule has 5 heteroatoms. The van der Waals surface area contributed by atoms with Gasteiger partial charge in [0.1, 0.15) is 18.4 Å². The summed E-state index contributed by atoms with van der Waals surface area (Å²) in [6, 6.07) is 6.53. The molecule has 0 spiro atoms. The third-order valence-electron chi connectivity index (χ3n) is 2.14. The first kappa shape index (κ1) is 13.3. The Morgan fingerprint density at radius 2 is 2.24 bits per heavy atom. The number of carboxylic acids is 1. The van der Waals surface area contributed by atoms with Gasteiger partial charge in [-0.15, -0.1) is 0 Å². The summed E-state index contributed by atoms with van der Waals surface area (Å²) < 4.78 is 10.3. The zero-order chi connectivity index (χ0) is 12.7. The number of rotatable bonds is 7. The van der Waals surface area contributed by atoms with E-state index in [1.54, 1.807) is 32.2 Å². The van der Waals surface area contributed by atoms with Crippen molar-refractivity contribution in [2.24, 2.45) is 0 Å². The summed E-state index contributed by atoms with van der Waals surface area (Å²) in [6.45, 7) is 2.57. The van der Waals surface area contributed by atoms with Crippen molar-refractivity contribution in [1.29, 1.82) is 0 Å². The fraction of sp³-hybridized carbons (Fsp3) is 0.417. The maximum absolute atomic E-state index is 10.7. The van der Waals surface area contributed by atoms with Crippen molar-refractivity contribution in [2.45, 2.75) is 13.0 Å². The molecule has 0 saturated heterocycles. The topological polar surface area (TPSA) is 67.8 Å². The zero-order valence-corrected chi connectivity index (χ0v) is 9.97. The highest BCUT2D eigenvalue weighted by molar-refractivity contribution is 5.76. The third-order valence-corrected chi connectivity index (χ3v) is 2.14. The molecule has 1 aromatic rings. The molecule has 0 aliphatic carbocycles. The molecule has 0 bridgehead atoms. The Labute approximate surface area is 100 Å². The number of nitrogens with one attached hydrogen (secondary N) is 1. The van der Waals surface area contributed by atoms with E-state index < -0.39 is 12.0 Å². The summed E-state index contributed by atoms with van der Waals surface area (Å²) in [6.07, 6.45) is 0. The first-order valence-corrected chi connectivity index (χ1v) is 5.34. The monoisotopic (exact) mass is 239 g/mol. The van der Waals surface area contributed by atoms with Crippen molar-refractivity contribution < 1.29 is 19.4 Å². The molecule has 0 aliphatic rings. The summed E-state index contributed by atoms with van der Waals surface area (Å²) in [4.78, 5) is 10.7. The van der Waals surface area contributed by atoms with Crippen LogP contribution in [0.25, 0.3) is 0 Å². The van der Waals surface area contributed by atoms with E-state index in [0.29, 0.717) is 19.0 Å². The Hall–Kier alpha value is -1.75. The van der Waals surface area contributed by atoms with E-state index in [4.69, 9.17) is 14.6 Å². The molecule has 5 nitrogen and oxygen atoms in total. The lowest BCUT2D eigenvalue weighted by atomic mass is 10.2. The lowest BCUT2D eigenvalue weighted by Crippen LogP contribution is -2.25. The first-order chi connectivity index (χ1) is 8.13. The van der Waals surface area contributed by atoms with Crippen LogP contribution in [0.4, 0.5) is 5.69 Å². The Morgan fingerprint density at radius 3 is 2.88 bits per heavy atom. The van der Waals surface area contributed by atoms with Gasteiger partial charge in [-0.1, -0.05) is 6.07 Å². The molecular formula is C12H17NO4. The summed E-state index contributed by atoms with van der Waals surface area (Å²) >= 11 is 0. The number of ether oxygens (including phenoxy) is 2. The zero-order valence-electron chi connectivity index (χ0n) is 9.97. The summed E-state index contributed by atoms with van der Waals surface area (Å²) in [5, 5.41) is 11.6. The molecule has 0 fully saturated rings. The molecule has 0 saturated carbocycles. The van der Waals surface area contributed by atoms with Crippen LogP contribution in [0.2, 0.25) is 0 Å². The smallest absolute Gasteiger partial charge is 0.325 e. The Kier molecular flexibility index (Phi) is 5.29. The highest BCUT2D eigenvalue weighted by Gasteiger charge is 2.09. The van der Waals surface area contributed by atoms with E-state index >= 15 is 0 Å². The van der Waals surface area contributed by atoms with Gasteiger partial charge in [-0.3, -0.25) is 4.79 Å². The lowest BCUT2D eigenvalue weighted by molar-refractivity contribution is -0.137. The normalized spacial score (nSPS) is 11.9.